The third kappa shape index (κ3) is 5.96. The lowest BCUT2D eigenvalue weighted by Gasteiger charge is -2.37. The summed E-state index contributed by atoms with van der Waals surface area (Å²) in [4.78, 5) is 58.3. The number of anilines is 2. The number of carbonyl (C=O) groups is 4. The van der Waals surface area contributed by atoms with E-state index in [-0.39, 0.29) is 43.1 Å². The molecule has 0 unspecified atom stereocenters. The molecule has 48 heavy (non-hydrogen) atoms. The Hall–Kier alpha value is -3.61. The van der Waals surface area contributed by atoms with Crippen LogP contribution in [-0.4, -0.2) is 81.1 Å². The van der Waals surface area contributed by atoms with Crippen molar-refractivity contribution in [3.8, 4) is 0 Å². The fourth-order valence-electron chi connectivity index (χ4n) is 8.52. The van der Waals surface area contributed by atoms with Crippen molar-refractivity contribution in [1.29, 1.82) is 0 Å². The minimum absolute atomic E-state index is 0.00794. The monoisotopic (exact) mass is 679 g/mol. The molecule has 2 aromatic rings. The van der Waals surface area contributed by atoms with Crippen LogP contribution in [0.1, 0.15) is 62.1 Å². The number of amides is 3. The molecule has 6 rings (SSSR count). The summed E-state index contributed by atoms with van der Waals surface area (Å²) in [5.41, 5.74) is 1.76. The minimum atomic E-state index is -3.55. The van der Waals surface area contributed by atoms with Crippen molar-refractivity contribution >= 4 is 43.5 Å². The summed E-state index contributed by atoms with van der Waals surface area (Å²) in [5, 5.41) is 10.2. The van der Waals surface area contributed by atoms with Gasteiger partial charge in [0.05, 0.1) is 38.0 Å². The Morgan fingerprint density at radius 1 is 1.12 bits per heavy atom. The quantitative estimate of drug-likeness (QED) is 0.169. The Balaban J connectivity index is 1.35. The number of fused-ring (bicyclic) bond motifs is 3. The number of methoxy groups -OCH3 is 1. The molecule has 10 nitrogen and oxygen atoms in total. The Morgan fingerprint density at radius 2 is 1.88 bits per heavy atom. The van der Waals surface area contributed by atoms with Gasteiger partial charge in [-0.15, -0.1) is 0 Å². The zero-order valence-electron chi connectivity index (χ0n) is 28.2. The molecule has 12 heteroatoms. The first kappa shape index (κ1) is 34.3. The molecule has 4 heterocycles. The summed E-state index contributed by atoms with van der Waals surface area (Å²) in [6.45, 7) is 6.09. The standard InChI is InChI=1S/C36H46FN3O7Si/c1-23-34(48(3,4)37)30(20-32(43)40-21-25-11-6-5-10-24(25)18-27(40)22-41)47-36(23)28-19-26(38-17-9-12-31(38)42)14-15-29(28)39(35(36)45)16-8-7-13-33(44)46-2/h5-6,10-11,14-15,19,23,27,30,34,41H,7-9,12-13,16-18,20-22H2,1-4H3/t23-,27+,30+,34-,36+/m1/s1. The van der Waals surface area contributed by atoms with Crippen LogP contribution in [0.5, 0.6) is 0 Å². The summed E-state index contributed by atoms with van der Waals surface area (Å²) in [5.74, 6) is -1.48. The van der Waals surface area contributed by atoms with E-state index in [1.165, 1.54) is 7.11 Å². The van der Waals surface area contributed by atoms with Crippen LogP contribution in [-0.2, 0) is 47.2 Å². The highest BCUT2D eigenvalue weighted by Gasteiger charge is 2.67. The highest BCUT2D eigenvalue weighted by Crippen LogP contribution is 2.60. The molecule has 0 aliphatic carbocycles. The van der Waals surface area contributed by atoms with E-state index < -0.39 is 37.6 Å². The number of ether oxygens (including phenoxy) is 2. The van der Waals surface area contributed by atoms with Gasteiger partial charge < -0.3 is 33.4 Å². The molecule has 5 atom stereocenters. The summed E-state index contributed by atoms with van der Waals surface area (Å²) >= 11 is 0. The Morgan fingerprint density at radius 3 is 2.54 bits per heavy atom. The van der Waals surface area contributed by atoms with Gasteiger partial charge in [-0.25, -0.2) is 0 Å². The van der Waals surface area contributed by atoms with E-state index in [1.807, 2.05) is 49.4 Å². The molecule has 0 radical (unpaired) electrons. The minimum Gasteiger partial charge on any atom is -0.469 e. The van der Waals surface area contributed by atoms with Gasteiger partial charge in [0.25, 0.3) is 5.91 Å². The number of rotatable bonds is 10. The number of aliphatic hydroxyl groups is 1. The molecule has 0 aromatic heterocycles. The molecule has 0 saturated carbocycles. The number of benzene rings is 2. The molecular weight excluding hydrogens is 633 g/mol. The van der Waals surface area contributed by atoms with E-state index in [0.717, 1.165) is 17.5 Å². The van der Waals surface area contributed by atoms with Crippen molar-refractivity contribution in [2.75, 3.05) is 36.6 Å². The summed E-state index contributed by atoms with van der Waals surface area (Å²) in [7, 11) is -2.20. The summed E-state index contributed by atoms with van der Waals surface area (Å²) < 4.78 is 28.1. The third-order valence-corrected chi connectivity index (χ3v) is 13.3. The molecule has 1 spiro atoms. The number of hydrogen-bond acceptors (Lipinski definition) is 7. The van der Waals surface area contributed by atoms with Crippen molar-refractivity contribution in [3.63, 3.8) is 0 Å². The van der Waals surface area contributed by atoms with Gasteiger partial charge in [-0.05, 0) is 68.1 Å². The van der Waals surface area contributed by atoms with Gasteiger partial charge >= 0.3 is 5.97 Å². The highest BCUT2D eigenvalue weighted by molar-refractivity contribution is 6.72. The van der Waals surface area contributed by atoms with E-state index in [1.54, 1.807) is 27.8 Å². The van der Waals surface area contributed by atoms with Crippen molar-refractivity contribution in [2.45, 2.75) is 94.8 Å². The summed E-state index contributed by atoms with van der Waals surface area (Å²) in [6.07, 6.45) is 1.99. The first-order chi connectivity index (χ1) is 22.9. The van der Waals surface area contributed by atoms with Gasteiger partial charge in [0.15, 0.2) is 5.60 Å². The second kappa shape index (κ2) is 13.4. The molecule has 1 N–H and O–H groups in total. The van der Waals surface area contributed by atoms with Crippen molar-refractivity contribution in [2.24, 2.45) is 5.92 Å². The Labute approximate surface area is 282 Å². The SMILES string of the molecule is COC(=O)CCCCN1C(=O)[C@@]2(O[C@@H](CC(=O)N3Cc4ccccc4C[C@H]3CO)[C@H]([Si](C)(C)F)[C@H]2C)c2cc(N3CCCC3=O)ccc21. The third-order valence-electron chi connectivity index (χ3n) is 10.8. The highest BCUT2D eigenvalue weighted by atomic mass is 28.4. The maximum Gasteiger partial charge on any atom is 0.305 e. The number of aliphatic hydroxyl groups excluding tert-OH is 1. The average molecular weight is 680 g/mol. The van der Waals surface area contributed by atoms with Crippen LogP contribution < -0.4 is 9.80 Å². The van der Waals surface area contributed by atoms with Crippen LogP contribution >= 0.6 is 0 Å². The van der Waals surface area contributed by atoms with Crippen molar-refractivity contribution in [1.82, 2.24) is 4.90 Å². The first-order valence-corrected chi connectivity index (χ1v) is 20.0. The number of nitrogens with zero attached hydrogens (tertiary/aromatic N) is 3. The lowest BCUT2D eigenvalue weighted by Crippen LogP contribution is -2.48. The van der Waals surface area contributed by atoms with Crippen LogP contribution in [0.4, 0.5) is 15.5 Å². The lowest BCUT2D eigenvalue weighted by molar-refractivity contribution is -0.151. The van der Waals surface area contributed by atoms with Crippen LogP contribution in [0, 0.1) is 5.92 Å². The van der Waals surface area contributed by atoms with Gasteiger partial charge in [0, 0.05) is 55.2 Å². The largest absolute Gasteiger partial charge is 0.469 e. The molecule has 258 valence electrons. The van der Waals surface area contributed by atoms with Crippen LogP contribution in [0.2, 0.25) is 18.6 Å². The number of halogens is 1. The van der Waals surface area contributed by atoms with Crippen LogP contribution in [0.3, 0.4) is 0 Å². The predicted molar refractivity (Wildman–Crippen MR) is 180 cm³/mol. The van der Waals surface area contributed by atoms with E-state index in [0.29, 0.717) is 62.3 Å². The smallest absolute Gasteiger partial charge is 0.305 e. The maximum absolute atomic E-state index is 16.5. The molecule has 4 aliphatic rings. The van der Waals surface area contributed by atoms with Gasteiger partial charge in [-0.3, -0.25) is 19.2 Å². The maximum atomic E-state index is 16.5. The van der Waals surface area contributed by atoms with E-state index in [2.05, 4.69) is 0 Å². The average Bonchev–Trinajstić information content (AvgIpc) is 3.70. The Bertz CT molecular complexity index is 1600. The van der Waals surface area contributed by atoms with E-state index in [4.69, 9.17) is 9.47 Å². The normalized spacial score (nSPS) is 26.8. The zero-order chi connectivity index (χ0) is 34.4. The molecule has 4 aliphatic heterocycles. The fourth-order valence-corrected chi connectivity index (χ4v) is 11.0. The van der Waals surface area contributed by atoms with Crippen LogP contribution in [0.15, 0.2) is 42.5 Å². The molecule has 2 aromatic carbocycles. The number of carbonyl (C=O) groups excluding carboxylic acids is 4. The predicted octanol–water partition coefficient (Wildman–Crippen LogP) is 4.61. The zero-order valence-corrected chi connectivity index (χ0v) is 29.2. The van der Waals surface area contributed by atoms with E-state index >= 15 is 4.11 Å². The van der Waals surface area contributed by atoms with Gasteiger partial charge in [0.2, 0.25) is 20.2 Å². The van der Waals surface area contributed by atoms with Crippen molar-refractivity contribution in [3.05, 3.63) is 59.2 Å². The second-order valence-corrected chi connectivity index (χ2v) is 17.9. The molecule has 2 saturated heterocycles. The topological polar surface area (TPSA) is 117 Å². The lowest BCUT2D eigenvalue weighted by atomic mass is 9.82. The Kier molecular flexibility index (Phi) is 9.53. The second-order valence-electron chi connectivity index (χ2n) is 14.1. The fraction of sp³-hybridized carbons (Fsp3) is 0.556. The van der Waals surface area contributed by atoms with E-state index in [9.17, 15) is 24.3 Å². The van der Waals surface area contributed by atoms with Gasteiger partial charge in [0.1, 0.15) is 0 Å². The number of unbranched alkanes of at least 4 members (excludes halogenated alkanes) is 1. The van der Waals surface area contributed by atoms with Crippen LogP contribution in [0.25, 0.3) is 0 Å². The van der Waals surface area contributed by atoms with Crippen molar-refractivity contribution < 1.29 is 37.9 Å². The molecule has 2 fully saturated rings. The number of esters is 1. The first-order valence-electron chi connectivity index (χ1n) is 17.1. The van der Waals surface area contributed by atoms with Gasteiger partial charge in [-0.2, -0.15) is 0 Å². The number of hydrogen-bond donors (Lipinski definition) is 1. The molecule has 3 amide bonds. The molecular formula is C36H46FN3O7Si. The summed E-state index contributed by atoms with van der Waals surface area (Å²) in [6, 6.07) is 13.0. The molecule has 0 bridgehead atoms. The van der Waals surface area contributed by atoms with Gasteiger partial charge in [-0.1, -0.05) is 31.2 Å².